The van der Waals surface area contributed by atoms with Gasteiger partial charge in [-0.15, -0.1) is 0 Å². The van der Waals surface area contributed by atoms with Crippen LogP contribution < -0.4 is 0 Å². The van der Waals surface area contributed by atoms with Gasteiger partial charge in [0.2, 0.25) is 6.29 Å². The molecule has 8 fully saturated rings. The molecule has 28 atom stereocenters. The van der Waals surface area contributed by atoms with Gasteiger partial charge in [0, 0.05) is 0 Å². The van der Waals surface area contributed by atoms with Crippen molar-refractivity contribution >= 4 is 5.97 Å². The Balaban J connectivity index is 0.995. The van der Waals surface area contributed by atoms with Gasteiger partial charge in [0.05, 0.1) is 37.9 Å². The summed E-state index contributed by atoms with van der Waals surface area (Å²) in [5, 5.41) is 149. The lowest BCUT2D eigenvalue weighted by Gasteiger charge is -2.71. The molecule has 0 radical (unpaired) electrons. The molecule has 14 N–H and O–H groups in total. The average Bonchev–Trinajstić information content (AvgIpc) is 3.55. The van der Waals surface area contributed by atoms with Gasteiger partial charge in [-0.3, -0.25) is 4.79 Å². The van der Waals surface area contributed by atoms with Crippen molar-refractivity contribution in [2.24, 2.45) is 50.2 Å². The molecule has 23 nitrogen and oxygen atoms in total. The highest BCUT2D eigenvalue weighted by Gasteiger charge is 2.70. The maximum absolute atomic E-state index is 14.8. The molecule has 0 bridgehead atoms. The average molecular weight is 1110 g/mol. The largest absolute Gasteiger partial charge is 0.432 e. The summed E-state index contributed by atoms with van der Waals surface area (Å²) in [6, 6.07) is 0. The lowest BCUT2D eigenvalue weighted by atomic mass is 9.33. The predicted octanol–water partition coefficient (Wildman–Crippen LogP) is -2.04. The molecule has 4 saturated heterocycles. The Morgan fingerprint density at radius 1 is 0.519 bits per heavy atom. The van der Waals surface area contributed by atoms with Crippen molar-refractivity contribution in [1.82, 2.24) is 0 Å². The lowest BCUT2D eigenvalue weighted by Crippen LogP contribution is -2.68. The number of fused-ring (bicyclic) bond motifs is 7. The fraction of sp³-hybridized carbons (Fsp3) is 0.944. The van der Waals surface area contributed by atoms with Gasteiger partial charge in [-0.25, -0.2) is 0 Å². The summed E-state index contributed by atoms with van der Waals surface area (Å²) in [7, 11) is 0. The highest BCUT2D eigenvalue weighted by molar-refractivity contribution is 5.79. The van der Waals surface area contributed by atoms with E-state index < -0.39 is 172 Å². The number of hydrogen-bond donors (Lipinski definition) is 14. The molecule has 23 heteroatoms. The van der Waals surface area contributed by atoms with E-state index in [0.29, 0.717) is 32.1 Å². The molecule has 9 rings (SSSR count). The molecular formula is C54H88O23. The third-order valence-corrected chi connectivity index (χ3v) is 21.4. The van der Waals surface area contributed by atoms with Crippen molar-refractivity contribution in [3.8, 4) is 0 Å². The van der Waals surface area contributed by atoms with E-state index in [1.165, 1.54) is 5.57 Å². The number of esters is 1. The number of aliphatic hydroxyl groups excluding tert-OH is 14. The standard InChI is InChI=1S/C54H88O23/c1-49(2)14-16-54(48(69)77-46-41(68)38(65)34(61)27(21-57)72-46)17-15-52(6)23(24(54)18-49)8-9-30-51(5)12-11-31(50(3,4)29(51)10-13-53(30,52)7)74-47-43(76-45-40(67)37(64)33(60)26(20-56)71-45)42(35(62)28(22-58)73-47)75-44-39(66)36(63)32(59)25(19-55)70-44/h8,24-47,55-68H,9-22H2,1-7H3/t24-,25+,26+,27+,28+,29-,30+,31-,32+,33+,34+,35+,36-,37-,38-,39+,40+,41+,42-,43+,44-,45-,46-,47-,51-,52-,53+,54+/m0/s1. The van der Waals surface area contributed by atoms with Crippen LogP contribution in [0, 0.1) is 50.2 Å². The van der Waals surface area contributed by atoms with Gasteiger partial charge >= 0.3 is 5.97 Å². The van der Waals surface area contributed by atoms with E-state index in [9.17, 15) is 76.3 Å². The Morgan fingerprint density at radius 3 is 1.55 bits per heavy atom. The fourth-order valence-electron chi connectivity index (χ4n) is 16.5. The maximum Gasteiger partial charge on any atom is 0.315 e. The van der Waals surface area contributed by atoms with Crippen molar-refractivity contribution in [3.05, 3.63) is 11.6 Å². The van der Waals surface area contributed by atoms with Crippen molar-refractivity contribution in [3.63, 3.8) is 0 Å². The second-order valence-electron chi connectivity index (χ2n) is 26.3. The van der Waals surface area contributed by atoms with Crippen LogP contribution in [0.3, 0.4) is 0 Å². The fourth-order valence-corrected chi connectivity index (χ4v) is 16.5. The zero-order chi connectivity index (χ0) is 56.3. The van der Waals surface area contributed by atoms with Crippen LogP contribution in [0.4, 0.5) is 0 Å². The van der Waals surface area contributed by atoms with Crippen LogP contribution in [0.2, 0.25) is 0 Å². The van der Waals surface area contributed by atoms with Crippen molar-refractivity contribution in [2.45, 2.75) is 242 Å². The topological polar surface area (TPSA) is 374 Å². The predicted molar refractivity (Wildman–Crippen MR) is 263 cm³/mol. The zero-order valence-corrected chi connectivity index (χ0v) is 45.3. The highest BCUT2D eigenvalue weighted by Crippen LogP contribution is 2.76. The number of allylic oxidation sites excluding steroid dienone is 2. The van der Waals surface area contributed by atoms with E-state index in [-0.39, 0.29) is 39.4 Å². The maximum atomic E-state index is 14.8. The summed E-state index contributed by atoms with van der Waals surface area (Å²) in [5.74, 6) is -0.507. The van der Waals surface area contributed by atoms with E-state index >= 15 is 0 Å². The number of aliphatic hydroxyl groups is 14. The molecule has 4 saturated carbocycles. The van der Waals surface area contributed by atoms with E-state index in [0.717, 1.165) is 32.1 Å². The molecule has 4 heterocycles. The molecule has 9 aliphatic rings. The van der Waals surface area contributed by atoms with Gasteiger partial charge in [0.1, 0.15) is 97.7 Å². The Bertz CT molecular complexity index is 2110. The normalized spacial score (nSPS) is 53.4. The summed E-state index contributed by atoms with van der Waals surface area (Å²) in [6.45, 7) is 12.8. The van der Waals surface area contributed by atoms with Crippen LogP contribution in [0.1, 0.15) is 113 Å². The molecule has 4 aliphatic heterocycles. The molecule has 77 heavy (non-hydrogen) atoms. The summed E-state index contributed by atoms with van der Waals surface area (Å²) in [6.07, 6.45) is -25.0. The summed E-state index contributed by atoms with van der Waals surface area (Å²) in [5.41, 5.74) is -1.27. The van der Waals surface area contributed by atoms with Crippen LogP contribution in [0.15, 0.2) is 11.6 Å². The third-order valence-electron chi connectivity index (χ3n) is 21.4. The van der Waals surface area contributed by atoms with Crippen molar-refractivity contribution in [1.29, 1.82) is 0 Å². The number of hydrogen-bond acceptors (Lipinski definition) is 23. The molecular weight excluding hydrogens is 1020 g/mol. The van der Waals surface area contributed by atoms with Gasteiger partial charge < -0.3 is 109 Å². The zero-order valence-electron chi connectivity index (χ0n) is 45.3. The SMILES string of the molecule is CC1(C)CC[C@@]2(C(=O)O[C@@H]3O[C@H](CO)[C@@H](O)[C@H](O)[C@H]3O)CC[C@@]3(C)C(=CC[C@@H]4[C@@]5(C)CC[C@H](O[C@@H]6O[C@H](CO)[C@@H](O)[C@H](O[C@@H]7O[C@H](CO)[C@@H](O)[C@H](O)[C@H]7O)[C@H]6O[C@@H]6O[C@H](CO)[C@@H](O)[C@H](O)[C@H]6O)C(C)(C)[C@@H]5CC[C@]43C)[C@@H]2C1. The van der Waals surface area contributed by atoms with Crippen molar-refractivity contribution in [2.75, 3.05) is 26.4 Å². The number of rotatable bonds is 12. The molecule has 0 spiro atoms. The minimum Gasteiger partial charge on any atom is -0.432 e. The minimum absolute atomic E-state index is 0.0454. The molecule has 0 aromatic heterocycles. The van der Waals surface area contributed by atoms with E-state index in [2.05, 4.69) is 54.5 Å². The first kappa shape index (κ1) is 60.0. The van der Waals surface area contributed by atoms with Crippen molar-refractivity contribution < 1.29 is 114 Å². The summed E-state index contributed by atoms with van der Waals surface area (Å²) >= 11 is 0. The molecule has 442 valence electrons. The molecule has 0 unspecified atom stereocenters. The Morgan fingerprint density at radius 2 is 1.00 bits per heavy atom. The third kappa shape index (κ3) is 9.80. The quantitative estimate of drug-likeness (QED) is 0.0569. The monoisotopic (exact) mass is 1100 g/mol. The van der Waals surface area contributed by atoms with Gasteiger partial charge in [0.25, 0.3) is 0 Å². The van der Waals surface area contributed by atoms with Crippen LogP contribution in [-0.4, -0.2) is 233 Å². The molecule has 0 amide bonds. The van der Waals surface area contributed by atoms with E-state index in [4.69, 9.17) is 37.9 Å². The second kappa shape index (κ2) is 21.8. The Labute approximate surface area is 449 Å². The summed E-state index contributed by atoms with van der Waals surface area (Å²) < 4.78 is 48.9. The Kier molecular flexibility index (Phi) is 17.0. The number of ether oxygens (including phenoxy) is 8. The van der Waals surface area contributed by atoms with Gasteiger partial charge in [-0.1, -0.05) is 60.1 Å². The lowest BCUT2D eigenvalue weighted by molar-refractivity contribution is -0.399. The van der Waals surface area contributed by atoms with Crippen LogP contribution in [0.5, 0.6) is 0 Å². The number of carbonyl (C=O) groups excluding carboxylic acids is 1. The van der Waals surface area contributed by atoms with Gasteiger partial charge in [-0.05, 0) is 109 Å². The van der Waals surface area contributed by atoms with Crippen LogP contribution in [0.25, 0.3) is 0 Å². The summed E-state index contributed by atoms with van der Waals surface area (Å²) in [4.78, 5) is 14.8. The molecule has 5 aliphatic carbocycles. The van der Waals surface area contributed by atoms with E-state index in [1.807, 2.05) is 0 Å². The first-order valence-electron chi connectivity index (χ1n) is 27.8. The smallest absolute Gasteiger partial charge is 0.315 e. The minimum atomic E-state index is -1.94. The first-order valence-corrected chi connectivity index (χ1v) is 27.8. The molecule has 0 aromatic rings. The van der Waals surface area contributed by atoms with Gasteiger partial charge in [-0.2, -0.15) is 0 Å². The van der Waals surface area contributed by atoms with Crippen LogP contribution >= 0.6 is 0 Å². The Hall–Kier alpha value is -1.63. The highest BCUT2D eigenvalue weighted by atomic mass is 16.8. The second-order valence-corrected chi connectivity index (χ2v) is 26.3. The van der Waals surface area contributed by atoms with Crippen LogP contribution in [-0.2, 0) is 42.7 Å². The first-order chi connectivity index (χ1) is 36.1. The molecule has 0 aromatic carbocycles. The van der Waals surface area contributed by atoms with Gasteiger partial charge in [0.15, 0.2) is 18.9 Å². The number of carbonyl (C=O) groups is 1. The van der Waals surface area contributed by atoms with E-state index in [1.54, 1.807) is 0 Å².